The van der Waals surface area contributed by atoms with Crippen LogP contribution in [0.1, 0.15) is 56.1 Å². The third kappa shape index (κ3) is 6.06. The van der Waals surface area contributed by atoms with E-state index in [0.717, 1.165) is 5.56 Å². The van der Waals surface area contributed by atoms with E-state index in [0.29, 0.717) is 16.8 Å². The Kier molecular flexibility index (Phi) is 6.69. The zero-order chi connectivity index (χ0) is 22.9. The first kappa shape index (κ1) is 23.9. The van der Waals surface area contributed by atoms with E-state index in [2.05, 4.69) is 4.72 Å². The van der Waals surface area contributed by atoms with E-state index in [1.54, 1.807) is 58.2 Å². The summed E-state index contributed by atoms with van der Waals surface area (Å²) < 4.78 is 28.5. The van der Waals surface area contributed by atoms with Gasteiger partial charge in [-0.15, -0.1) is 0 Å². The summed E-state index contributed by atoms with van der Waals surface area (Å²) in [5.41, 5.74) is 1.21. The number of aryl methyl sites for hydroxylation is 1. The minimum absolute atomic E-state index is 0.171. The van der Waals surface area contributed by atoms with E-state index in [4.69, 9.17) is 0 Å². The molecule has 0 saturated carbocycles. The predicted octanol–water partition coefficient (Wildman–Crippen LogP) is 3.94. The molecular weight excluding hydrogens is 400 g/mol. The summed E-state index contributed by atoms with van der Waals surface area (Å²) >= 11 is 0. The van der Waals surface area contributed by atoms with Gasteiger partial charge in [0, 0.05) is 24.8 Å². The molecule has 0 heterocycles. The molecule has 0 aliphatic rings. The van der Waals surface area contributed by atoms with Crippen LogP contribution in [0, 0.1) is 6.92 Å². The lowest BCUT2D eigenvalue weighted by Gasteiger charge is -2.25. The number of carbonyl (C=O) groups is 1. The van der Waals surface area contributed by atoms with E-state index in [1.807, 2.05) is 32.9 Å². The molecule has 2 N–H and O–H groups in total. The van der Waals surface area contributed by atoms with Crippen molar-refractivity contribution in [1.29, 1.82) is 0 Å². The molecule has 30 heavy (non-hydrogen) atoms. The highest BCUT2D eigenvalue weighted by Crippen LogP contribution is 2.28. The highest BCUT2D eigenvalue weighted by Gasteiger charge is 2.23. The van der Waals surface area contributed by atoms with Crippen molar-refractivity contribution in [3.05, 3.63) is 59.2 Å². The van der Waals surface area contributed by atoms with Gasteiger partial charge in [-0.1, -0.05) is 32.9 Å². The number of anilines is 1. The molecule has 164 valence electrons. The maximum absolute atomic E-state index is 13.0. The van der Waals surface area contributed by atoms with Crippen molar-refractivity contribution in [2.75, 3.05) is 18.3 Å². The summed E-state index contributed by atoms with van der Waals surface area (Å²) in [5.74, 6) is -0.250. The molecule has 0 aliphatic heterocycles. The van der Waals surface area contributed by atoms with E-state index in [1.165, 1.54) is 4.90 Å². The third-order valence-corrected chi connectivity index (χ3v) is 6.22. The van der Waals surface area contributed by atoms with Crippen LogP contribution < -0.4 is 4.72 Å². The van der Waals surface area contributed by atoms with Gasteiger partial charge in [0.15, 0.2) is 0 Å². The first-order valence-electron chi connectivity index (χ1n) is 9.82. The van der Waals surface area contributed by atoms with E-state index < -0.39 is 15.6 Å². The number of aliphatic hydroxyl groups is 1. The zero-order valence-corrected chi connectivity index (χ0v) is 19.6. The number of carbonyl (C=O) groups excluding carboxylic acids is 1. The molecule has 0 radical (unpaired) electrons. The Labute approximate surface area is 180 Å². The van der Waals surface area contributed by atoms with Gasteiger partial charge in [0.05, 0.1) is 10.5 Å². The lowest BCUT2D eigenvalue weighted by molar-refractivity contribution is 0.0368. The molecule has 0 spiro atoms. The fraction of sp³-hybridized carbons (Fsp3) is 0.435. The smallest absolute Gasteiger partial charge is 0.262 e. The molecule has 7 heteroatoms. The van der Waals surface area contributed by atoms with Crippen LogP contribution in [-0.2, 0) is 15.4 Å². The first-order valence-corrected chi connectivity index (χ1v) is 11.3. The molecule has 0 fully saturated rings. The summed E-state index contributed by atoms with van der Waals surface area (Å²) in [6.07, 6.45) is 0. The SMILES string of the molecule is Cc1ccc(C(C)(C)C)cc1S(=O)(=O)Nc1ccc(C(=O)N(C)CC(C)(C)O)cc1. The Morgan fingerprint density at radius 2 is 1.60 bits per heavy atom. The van der Waals surface area contributed by atoms with Crippen molar-refractivity contribution in [3.8, 4) is 0 Å². The van der Waals surface area contributed by atoms with Crippen molar-refractivity contribution >= 4 is 21.6 Å². The van der Waals surface area contributed by atoms with Crippen LogP contribution in [0.5, 0.6) is 0 Å². The van der Waals surface area contributed by atoms with Crippen LogP contribution in [0.3, 0.4) is 0 Å². The summed E-state index contributed by atoms with van der Waals surface area (Å²) in [6.45, 7) is 11.3. The second-order valence-electron chi connectivity index (χ2n) is 9.39. The lowest BCUT2D eigenvalue weighted by Crippen LogP contribution is -2.39. The van der Waals surface area contributed by atoms with Crippen LogP contribution >= 0.6 is 0 Å². The number of nitrogens with one attached hydrogen (secondary N) is 1. The van der Waals surface area contributed by atoms with Gasteiger partial charge in [-0.3, -0.25) is 9.52 Å². The Bertz CT molecular complexity index is 1010. The lowest BCUT2D eigenvalue weighted by atomic mass is 9.87. The third-order valence-electron chi connectivity index (χ3n) is 4.70. The van der Waals surface area contributed by atoms with Crippen molar-refractivity contribution in [2.45, 2.75) is 57.5 Å². The minimum Gasteiger partial charge on any atom is -0.389 e. The minimum atomic E-state index is -3.78. The normalized spacial score (nSPS) is 12.5. The van der Waals surface area contributed by atoms with E-state index in [9.17, 15) is 18.3 Å². The number of hydrogen-bond donors (Lipinski definition) is 2. The standard InChI is InChI=1S/C23H32N2O4S/c1-16-8-11-18(22(2,3)4)14-20(16)30(28,29)24-19-12-9-17(10-13-19)21(26)25(7)15-23(5,6)27/h8-14,24,27H,15H2,1-7H3. The molecule has 0 bridgehead atoms. The van der Waals surface area contributed by atoms with Crippen molar-refractivity contribution in [2.24, 2.45) is 0 Å². The van der Waals surface area contributed by atoms with Gasteiger partial charge >= 0.3 is 0 Å². The second kappa shape index (κ2) is 8.40. The average molecular weight is 433 g/mol. The summed E-state index contributed by atoms with van der Waals surface area (Å²) in [6, 6.07) is 11.7. The molecule has 0 unspecified atom stereocenters. The highest BCUT2D eigenvalue weighted by molar-refractivity contribution is 7.92. The van der Waals surface area contributed by atoms with Gasteiger partial charge in [-0.05, 0) is 67.6 Å². The van der Waals surface area contributed by atoms with Crippen molar-refractivity contribution in [3.63, 3.8) is 0 Å². The number of sulfonamides is 1. The molecule has 0 aromatic heterocycles. The Hall–Kier alpha value is -2.38. The summed E-state index contributed by atoms with van der Waals surface area (Å²) in [4.78, 5) is 14.2. The molecule has 1 amide bonds. The number of hydrogen-bond acceptors (Lipinski definition) is 4. The van der Waals surface area contributed by atoms with Crippen LogP contribution in [0.4, 0.5) is 5.69 Å². The summed E-state index contributed by atoms with van der Waals surface area (Å²) in [5, 5.41) is 9.89. The van der Waals surface area contributed by atoms with Crippen LogP contribution in [0.25, 0.3) is 0 Å². The maximum atomic E-state index is 13.0. The van der Waals surface area contributed by atoms with Gasteiger partial charge in [0.1, 0.15) is 0 Å². The maximum Gasteiger partial charge on any atom is 0.262 e. The quantitative estimate of drug-likeness (QED) is 0.724. The number of rotatable bonds is 6. The van der Waals surface area contributed by atoms with Gasteiger partial charge < -0.3 is 10.0 Å². The zero-order valence-electron chi connectivity index (χ0n) is 18.8. The van der Waals surface area contributed by atoms with Crippen molar-refractivity contribution < 1.29 is 18.3 Å². The molecular formula is C23H32N2O4S. The Balaban J connectivity index is 2.24. The number of likely N-dealkylation sites (N-methyl/N-ethyl adjacent to an activating group) is 1. The van der Waals surface area contributed by atoms with Gasteiger partial charge in [-0.2, -0.15) is 0 Å². The van der Waals surface area contributed by atoms with Gasteiger partial charge in [0.25, 0.3) is 15.9 Å². The number of nitrogens with zero attached hydrogens (tertiary/aromatic N) is 1. The molecule has 6 nitrogen and oxygen atoms in total. The Morgan fingerprint density at radius 1 is 1.03 bits per heavy atom. The van der Waals surface area contributed by atoms with Crippen LogP contribution in [0.2, 0.25) is 0 Å². The van der Waals surface area contributed by atoms with Gasteiger partial charge in [0.2, 0.25) is 0 Å². The fourth-order valence-electron chi connectivity index (χ4n) is 3.12. The molecule has 0 aliphatic carbocycles. The van der Waals surface area contributed by atoms with Crippen LogP contribution in [-0.4, -0.2) is 43.5 Å². The predicted molar refractivity (Wildman–Crippen MR) is 120 cm³/mol. The van der Waals surface area contributed by atoms with E-state index >= 15 is 0 Å². The fourth-order valence-corrected chi connectivity index (χ4v) is 4.45. The first-order chi connectivity index (χ1) is 13.6. The second-order valence-corrected chi connectivity index (χ2v) is 11.0. The van der Waals surface area contributed by atoms with Crippen molar-refractivity contribution in [1.82, 2.24) is 4.90 Å². The number of benzene rings is 2. The molecule has 0 saturated heterocycles. The molecule has 2 rings (SSSR count). The van der Waals surface area contributed by atoms with Crippen LogP contribution in [0.15, 0.2) is 47.4 Å². The van der Waals surface area contributed by atoms with Gasteiger partial charge in [-0.25, -0.2) is 8.42 Å². The summed E-state index contributed by atoms with van der Waals surface area (Å²) in [7, 11) is -2.17. The monoisotopic (exact) mass is 432 g/mol. The highest BCUT2D eigenvalue weighted by atomic mass is 32.2. The average Bonchev–Trinajstić information content (AvgIpc) is 2.59. The molecule has 0 atom stereocenters. The molecule has 2 aromatic carbocycles. The van der Waals surface area contributed by atoms with E-state index in [-0.39, 0.29) is 22.8 Å². The Morgan fingerprint density at radius 3 is 2.10 bits per heavy atom. The largest absolute Gasteiger partial charge is 0.389 e. The topological polar surface area (TPSA) is 86.7 Å². The molecule has 2 aromatic rings. The number of amides is 1.